The summed E-state index contributed by atoms with van der Waals surface area (Å²) >= 11 is 0. The van der Waals surface area contributed by atoms with E-state index < -0.39 is 5.54 Å². The van der Waals surface area contributed by atoms with E-state index in [9.17, 15) is 9.59 Å². The number of carbonyl (C=O) groups excluding carboxylic acids is 2. The largest absolute Gasteiger partial charge is 0.467 e. The highest BCUT2D eigenvalue weighted by Crippen LogP contribution is 2.43. The number of anilines is 3. The number of nitrogens with zero attached hydrogens (tertiary/aromatic N) is 6. The van der Waals surface area contributed by atoms with E-state index in [0.29, 0.717) is 37.2 Å². The van der Waals surface area contributed by atoms with Crippen LogP contribution in [0.1, 0.15) is 55.8 Å². The van der Waals surface area contributed by atoms with Crippen molar-refractivity contribution < 1.29 is 14.3 Å². The summed E-state index contributed by atoms with van der Waals surface area (Å²) < 4.78 is 5.34. The van der Waals surface area contributed by atoms with Crippen LogP contribution in [-0.2, 0) is 16.9 Å². The van der Waals surface area contributed by atoms with Gasteiger partial charge in [0.1, 0.15) is 6.04 Å². The number of hydrogen-bond acceptors (Lipinski definition) is 9. The lowest BCUT2D eigenvalue weighted by atomic mass is 10.0. The number of urea groups is 1. The van der Waals surface area contributed by atoms with Gasteiger partial charge in [0.05, 0.1) is 24.9 Å². The fourth-order valence-electron chi connectivity index (χ4n) is 5.78. The molecule has 1 saturated heterocycles. The summed E-state index contributed by atoms with van der Waals surface area (Å²) in [5.74, 6) is 1.38. The van der Waals surface area contributed by atoms with E-state index in [1.54, 1.807) is 7.05 Å². The van der Waals surface area contributed by atoms with E-state index in [4.69, 9.17) is 4.74 Å². The van der Waals surface area contributed by atoms with Crippen LogP contribution in [0.5, 0.6) is 6.01 Å². The van der Waals surface area contributed by atoms with Crippen LogP contribution in [0.15, 0.2) is 30.3 Å². The molecule has 2 fully saturated rings. The number of benzene rings is 1. The minimum absolute atomic E-state index is 0.0848. The van der Waals surface area contributed by atoms with Crippen molar-refractivity contribution in [2.45, 2.75) is 63.2 Å². The maximum absolute atomic E-state index is 13.4. The Bertz CT molecular complexity index is 1430. The molecule has 0 radical (unpaired) electrons. The minimum atomic E-state index is -0.596. The third kappa shape index (κ3) is 4.54. The summed E-state index contributed by atoms with van der Waals surface area (Å²) in [6, 6.07) is 10.1. The Kier molecular flexibility index (Phi) is 6.43. The Morgan fingerprint density at radius 1 is 1.15 bits per heavy atom. The molecular formula is C27H34N10O3. The molecule has 40 heavy (non-hydrogen) atoms. The molecule has 13 nitrogen and oxygen atoms in total. The lowest BCUT2D eigenvalue weighted by Gasteiger charge is -2.32. The molecule has 3 amide bonds. The maximum atomic E-state index is 13.4. The highest BCUT2D eigenvalue weighted by Gasteiger charge is 2.47. The number of likely N-dealkylation sites (N-methyl/N-ethyl adjacent to an activating group) is 1. The van der Waals surface area contributed by atoms with Gasteiger partial charge in [0.15, 0.2) is 5.82 Å². The first-order valence-electron chi connectivity index (χ1n) is 13.6. The maximum Gasteiger partial charge on any atom is 0.322 e. The second kappa shape index (κ2) is 9.96. The Hall–Kier alpha value is -4.42. The SMILES string of the molecule is CNC(=O)[C@@H]1CCCN1c1nc(Nc2n[nH]c3c2CN(C(=O)NC2CC2c2ccccc2)C3(C)C)nc(OC)n1. The van der Waals surface area contributed by atoms with Crippen LogP contribution in [0.25, 0.3) is 0 Å². The summed E-state index contributed by atoms with van der Waals surface area (Å²) in [4.78, 5) is 42.8. The van der Waals surface area contributed by atoms with Crippen LogP contribution in [0.2, 0.25) is 0 Å². The molecule has 3 aliphatic rings. The number of hydrogen-bond donors (Lipinski definition) is 4. The number of fused-ring (bicyclic) bond motifs is 1. The zero-order valence-corrected chi connectivity index (χ0v) is 23.1. The average Bonchev–Trinajstić information content (AvgIpc) is 3.26. The number of H-pyrrole nitrogens is 1. The van der Waals surface area contributed by atoms with E-state index in [0.717, 1.165) is 24.1 Å². The number of nitrogens with one attached hydrogen (secondary N) is 4. The number of carbonyl (C=O) groups is 2. The van der Waals surface area contributed by atoms with Crippen LogP contribution in [0, 0.1) is 0 Å². The predicted octanol–water partition coefficient (Wildman–Crippen LogP) is 2.38. The van der Waals surface area contributed by atoms with Crippen molar-refractivity contribution in [3.63, 3.8) is 0 Å². The molecule has 3 aromatic rings. The van der Waals surface area contributed by atoms with Gasteiger partial charge in [-0.05, 0) is 38.7 Å². The van der Waals surface area contributed by atoms with Gasteiger partial charge in [0, 0.05) is 31.1 Å². The number of ether oxygens (including phenoxy) is 1. The van der Waals surface area contributed by atoms with Gasteiger partial charge in [-0.2, -0.15) is 20.1 Å². The van der Waals surface area contributed by atoms with Crippen molar-refractivity contribution in [3.8, 4) is 6.01 Å². The van der Waals surface area contributed by atoms with Gasteiger partial charge in [0.25, 0.3) is 0 Å². The molecule has 210 valence electrons. The zero-order valence-electron chi connectivity index (χ0n) is 23.1. The van der Waals surface area contributed by atoms with Gasteiger partial charge < -0.3 is 30.5 Å². The molecule has 2 aliphatic heterocycles. The van der Waals surface area contributed by atoms with Gasteiger partial charge >= 0.3 is 12.0 Å². The molecule has 1 saturated carbocycles. The van der Waals surface area contributed by atoms with E-state index in [-0.39, 0.29) is 36.0 Å². The molecule has 1 aromatic carbocycles. The first-order valence-corrected chi connectivity index (χ1v) is 13.6. The van der Waals surface area contributed by atoms with E-state index in [1.807, 2.05) is 41.8 Å². The Balaban J connectivity index is 1.19. The third-order valence-corrected chi connectivity index (χ3v) is 8.12. The van der Waals surface area contributed by atoms with Crippen LogP contribution < -0.4 is 25.6 Å². The summed E-state index contributed by atoms with van der Waals surface area (Å²) in [6.45, 7) is 5.01. The van der Waals surface area contributed by atoms with Gasteiger partial charge in [-0.25, -0.2) is 4.79 Å². The normalized spacial score (nSPS) is 22.6. The summed E-state index contributed by atoms with van der Waals surface area (Å²) in [5.41, 5.74) is 2.36. The van der Waals surface area contributed by atoms with Crippen molar-refractivity contribution in [2.24, 2.45) is 0 Å². The van der Waals surface area contributed by atoms with Crippen molar-refractivity contribution >= 4 is 29.7 Å². The number of methoxy groups -OCH3 is 1. The van der Waals surface area contributed by atoms with Crippen molar-refractivity contribution in [3.05, 3.63) is 47.2 Å². The monoisotopic (exact) mass is 546 g/mol. The molecule has 4 heterocycles. The molecule has 13 heteroatoms. The van der Waals surface area contributed by atoms with Gasteiger partial charge in [0.2, 0.25) is 17.8 Å². The first kappa shape index (κ1) is 25.8. The van der Waals surface area contributed by atoms with Gasteiger partial charge in [-0.15, -0.1) is 0 Å². The van der Waals surface area contributed by atoms with Crippen LogP contribution in [-0.4, -0.2) is 74.8 Å². The Morgan fingerprint density at radius 3 is 2.70 bits per heavy atom. The van der Waals surface area contributed by atoms with Crippen molar-refractivity contribution in [1.82, 2.24) is 40.7 Å². The second-order valence-corrected chi connectivity index (χ2v) is 10.9. The lowest BCUT2D eigenvalue weighted by molar-refractivity contribution is -0.121. The molecule has 4 N–H and O–H groups in total. The fourth-order valence-corrected chi connectivity index (χ4v) is 5.78. The molecular weight excluding hydrogens is 512 g/mol. The first-order chi connectivity index (χ1) is 19.3. The third-order valence-electron chi connectivity index (χ3n) is 8.12. The molecule has 2 aromatic heterocycles. The number of amides is 3. The standard InChI is InChI=1S/C27H34N10O3/c1-27(2)20-17(14-37(27)26(39)29-18-13-16(18)15-9-6-5-7-10-15)21(35-34-20)30-23-31-24(33-25(32-23)40-4)36-12-8-11-19(36)22(38)28-3/h5-7,9-10,16,18-19H,8,11-14H2,1-4H3,(H,28,38)(H,29,39)(H2,30,31,32,33,34,35)/t16?,18?,19-/m0/s1. The molecule has 3 atom stereocenters. The Morgan fingerprint density at radius 2 is 1.95 bits per heavy atom. The predicted molar refractivity (Wildman–Crippen MR) is 147 cm³/mol. The van der Waals surface area contributed by atoms with Crippen LogP contribution in [0.4, 0.5) is 22.5 Å². The highest BCUT2D eigenvalue weighted by molar-refractivity contribution is 5.85. The van der Waals surface area contributed by atoms with Gasteiger partial charge in [-0.3, -0.25) is 9.89 Å². The van der Waals surface area contributed by atoms with E-state index >= 15 is 0 Å². The van der Waals surface area contributed by atoms with Crippen LogP contribution >= 0.6 is 0 Å². The number of rotatable bonds is 7. The smallest absolute Gasteiger partial charge is 0.322 e. The molecule has 6 rings (SSSR count). The fraction of sp³-hybridized carbons (Fsp3) is 0.481. The lowest BCUT2D eigenvalue weighted by Crippen LogP contribution is -2.47. The molecule has 0 spiro atoms. The molecule has 0 bridgehead atoms. The number of aromatic amines is 1. The van der Waals surface area contributed by atoms with Crippen LogP contribution in [0.3, 0.4) is 0 Å². The summed E-state index contributed by atoms with van der Waals surface area (Å²) in [5, 5.41) is 16.7. The van der Waals surface area contributed by atoms with Gasteiger partial charge in [-0.1, -0.05) is 30.3 Å². The average molecular weight is 547 g/mol. The second-order valence-electron chi connectivity index (χ2n) is 10.9. The van der Waals surface area contributed by atoms with E-state index in [1.165, 1.54) is 12.7 Å². The molecule has 2 unspecified atom stereocenters. The van der Waals surface area contributed by atoms with E-state index in [2.05, 4.69) is 53.2 Å². The number of aromatic nitrogens is 5. The van der Waals surface area contributed by atoms with Crippen molar-refractivity contribution in [1.29, 1.82) is 0 Å². The zero-order chi connectivity index (χ0) is 28.0. The Labute approximate surface area is 232 Å². The quantitative estimate of drug-likeness (QED) is 0.350. The topological polar surface area (TPSA) is 153 Å². The molecule has 1 aliphatic carbocycles. The highest BCUT2D eigenvalue weighted by atomic mass is 16.5. The summed E-state index contributed by atoms with van der Waals surface area (Å²) in [7, 11) is 3.10. The minimum Gasteiger partial charge on any atom is -0.467 e. The summed E-state index contributed by atoms with van der Waals surface area (Å²) in [6.07, 6.45) is 2.50. The van der Waals surface area contributed by atoms with Crippen molar-refractivity contribution in [2.75, 3.05) is 30.9 Å².